The van der Waals surface area contributed by atoms with Gasteiger partial charge in [-0.3, -0.25) is 4.79 Å². The lowest BCUT2D eigenvalue weighted by atomic mass is 10.1. The molecule has 0 amide bonds. The van der Waals surface area contributed by atoms with E-state index in [1.54, 1.807) is 32.4 Å². The van der Waals surface area contributed by atoms with E-state index in [0.717, 1.165) is 5.56 Å². The minimum atomic E-state index is -0.820. The highest BCUT2D eigenvalue weighted by Crippen LogP contribution is 2.24. The van der Waals surface area contributed by atoms with Gasteiger partial charge in [-0.1, -0.05) is 13.8 Å². The number of carboxylic acid groups (broad SMARTS) is 1. The van der Waals surface area contributed by atoms with Gasteiger partial charge in [0.15, 0.2) is 0 Å². The number of methoxy groups -OCH3 is 2. The first-order valence-corrected chi connectivity index (χ1v) is 5.60. The zero-order valence-corrected chi connectivity index (χ0v) is 12.3. The Hall–Kier alpha value is -1.36. The second-order valence-electron chi connectivity index (χ2n) is 3.07. The number of hydrogen-bond acceptors (Lipinski definition) is 3. The standard InChI is InChI=1S/C11H14O4.C2H6.H2S/c1-14-9-4-5-10(15-2)8(7-9)3-6-11(12)13;1-2;/h4-5,7H,3,6H2,1-2H3,(H,12,13);1-2H3;1H2. The minimum Gasteiger partial charge on any atom is -0.497 e. The van der Waals surface area contributed by atoms with Crippen LogP contribution in [-0.4, -0.2) is 25.3 Å². The molecule has 0 heterocycles. The molecule has 18 heavy (non-hydrogen) atoms. The van der Waals surface area contributed by atoms with Crippen LogP contribution in [0.2, 0.25) is 0 Å². The number of aliphatic carboxylic acids is 1. The molecule has 4 nitrogen and oxygen atoms in total. The van der Waals surface area contributed by atoms with Crippen LogP contribution < -0.4 is 9.47 Å². The maximum absolute atomic E-state index is 10.5. The molecule has 0 aliphatic carbocycles. The van der Waals surface area contributed by atoms with E-state index in [4.69, 9.17) is 14.6 Å². The summed E-state index contributed by atoms with van der Waals surface area (Å²) in [5.41, 5.74) is 0.847. The zero-order chi connectivity index (χ0) is 13.3. The van der Waals surface area contributed by atoms with Gasteiger partial charge in [0.05, 0.1) is 14.2 Å². The molecule has 0 unspecified atom stereocenters. The van der Waals surface area contributed by atoms with Gasteiger partial charge < -0.3 is 14.6 Å². The Labute approximate surface area is 115 Å². The third kappa shape index (κ3) is 6.39. The Morgan fingerprint density at radius 3 is 2.28 bits per heavy atom. The molecule has 0 bridgehead atoms. The topological polar surface area (TPSA) is 55.8 Å². The number of aryl methyl sites for hydroxylation is 1. The molecular formula is C13H22O4S. The van der Waals surface area contributed by atoms with Gasteiger partial charge in [-0.2, -0.15) is 13.5 Å². The third-order valence-corrected chi connectivity index (χ3v) is 2.10. The van der Waals surface area contributed by atoms with Gasteiger partial charge in [-0.25, -0.2) is 0 Å². The van der Waals surface area contributed by atoms with Crippen LogP contribution in [0.15, 0.2) is 18.2 Å². The molecule has 0 saturated heterocycles. The molecule has 0 atom stereocenters. The average Bonchev–Trinajstić information content (AvgIpc) is 2.38. The second kappa shape index (κ2) is 10.8. The van der Waals surface area contributed by atoms with Crippen molar-refractivity contribution in [1.29, 1.82) is 0 Å². The fourth-order valence-corrected chi connectivity index (χ4v) is 1.32. The number of benzene rings is 1. The largest absolute Gasteiger partial charge is 0.497 e. The lowest BCUT2D eigenvalue weighted by Gasteiger charge is -2.09. The first-order chi connectivity index (χ1) is 8.17. The maximum atomic E-state index is 10.5. The van der Waals surface area contributed by atoms with Crippen LogP contribution in [0.25, 0.3) is 0 Å². The number of carboxylic acids is 1. The summed E-state index contributed by atoms with van der Waals surface area (Å²) >= 11 is 0. The van der Waals surface area contributed by atoms with Gasteiger partial charge in [-0.15, -0.1) is 0 Å². The number of ether oxygens (including phenoxy) is 2. The quantitative estimate of drug-likeness (QED) is 0.897. The SMILES string of the molecule is CC.COc1ccc(OC)c(CCC(=O)O)c1.S. The van der Waals surface area contributed by atoms with Crippen LogP contribution in [0, 0.1) is 0 Å². The van der Waals surface area contributed by atoms with Crippen molar-refractivity contribution in [3.05, 3.63) is 23.8 Å². The van der Waals surface area contributed by atoms with Crippen molar-refractivity contribution in [1.82, 2.24) is 0 Å². The fraction of sp³-hybridized carbons (Fsp3) is 0.462. The molecule has 0 radical (unpaired) electrons. The van der Waals surface area contributed by atoms with Crippen LogP contribution in [0.1, 0.15) is 25.8 Å². The van der Waals surface area contributed by atoms with E-state index in [1.807, 2.05) is 13.8 Å². The third-order valence-electron chi connectivity index (χ3n) is 2.10. The molecule has 0 spiro atoms. The van der Waals surface area contributed by atoms with Crippen LogP contribution in [0.4, 0.5) is 0 Å². The molecule has 1 aromatic carbocycles. The van der Waals surface area contributed by atoms with Gasteiger partial charge in [0, 0.05) is 6.42 Å². The molecule has 1 aromatic rings. The van der Waals surface area contributed by atoms with Crippen LogP contribution in [0.3, 0.4) is 0 Å². The smallest absolute Gasteiger partial charge is 0.303 e. The molecule has 0 aliphatic heterocycles. The predicted octanol–water partition coefficient (Wildman–Crippen LogP) is 2.86. The number of hydrogen-bond donors (Lipinski definition) is 1. The van der Waals surface area contributed by atoms with E-state index in [2.05, 4.69) is 0 Å². The van der Waals surface area contributed by atoms with E-state index in [1.165, 1.54) is 0 Å². The predicted molar refractivity (Wildman–Crippen MR) is 77.2 cm³/mol. The summed E-state index contributed by atoms with van der Waals surface area (Å²) in [5, 5.41) is 8.59. The van der Waals surface area contributed by atoms with Crippen LogP contribution in [-0.2, 0) is 11.2 Å². The zero-order valence-electron chi connectivity index (χ0n) is 11.3. The Morgan fingerprint density at radius 1 is 1.22 bits per heavy atom. The van der Waals surface area contributed by atoms with Gasteiger partial charge in [0.1, 0.15) is 11.5 Å². The molecular weight excluding hydrogens is 252 g/mol. The molecule has 1 N–H and O–H groups in total. The van der Waals surface area contributed by atoms with Crippen molar-refractivity contribution in [3.63, 3.8) is 0 Å². The van der Waals surface area contributed by atoms with Crippen molar-refractivity contribution in [3.8, 4) is 11.5 Å². The van der Waals surface area contributed by atoms with E-state index < -0.39 is 5.97 Å². The molecule has 0 fully saturated rings. The van der Waals surface area contributed by atoms with Gasteiger partial charge in [0.25, 0.3) is 0 Å². The fourth-order valence-electron chi connectivity index (χ4n) is 1.32. The Morgan fingerprint density at radius 2 is 1.83 bits per heavy atom. The first-order valence-electron chi connectivity index (χ1n) is 5.60. The van der Waals surface area contributed by atoms with Crippen molar-refractivity contribution in [2.75, 3.05) is 14.2 Å². The van der Waals surface area contributed by atoms with E-state index >= 15 is 0 Å². The highest BCUT2D eigenvalue weighted by molar-refractivity contribution is 7.59. The van der Waals surface area contributed by atoms with E-state index in [9.17, 15) is 4.79 Å². The minimum absolute atomic E-state index is 0. The number of rotatable bonds is 5. The summed E-state index contributed by atoms with van der Waals surface area (Å²) in [4.78, 5) is 10.5. The van der Waals surface area contributed by atoms with Gasteiger partial charge in [-0.05, 0) is 30.2 Å². The van der Waals surface area contributed by atoms with Gasteiger partial charge in [0.2, 0.25) is 0 Å². The first kappa shape index (κ1) is 19.0. The highest BCUT2D eigenvalue weighted by atomic mass is 32.1. The van der Waals surface area contributed by atoms with Crippen molar-refractivity contribution in [2.45, 2.75) is 26.7 Å². The maximum Gasteiger partial charge on any atom is 0.303 e. The Kier molecular flexibility index (Phi) is 11.4. The lowest BCUT2D eigenvalue weighted by Crippen LogP contribution is -2.00. The molecule has 104 valence electrons. The van der Waals surface area contributed by atoms with E-state index in [0.29, 0.717) is 17.9 Å². The normalized spacial score (nSPS) is 8.44. The Bertz CT molecular complexity index is 353. The summed E-state index contributed by atoms with van der Waals surface area (Å²) in [6.45, 7) is 4.00. The van der Waals surface area contributed by atoms with Gasteiger partial charge >= 0.3 is 5.97 Å². The average molecular weight is 274 g/mol. The summed E-state index contributed by atoms with van der Waals surface area (Å²) in [6.07, 6.45) is 0.527. The summed E-state index contributed by atoms with van der Waals surface area (Å²) in [7, 11) is 3.13. The summed E-state index contributed by atoms with van der Waals surface area (Å²) in [5.74, 6) is 0.577. The monoisotopic (exact) mass is 274 g/mol. The Balaban J connectivity index is 0. The molecule has 1 rings (SSSR count). The van der Waals surface area contributed by atoms with Crippen LogP contribution in [0.5, 0.6) is 11.5 Å². The lowest BCUT2D eigenvalue weighted by molar-refractivity contribution is -0.136. The molecule has 0 aliphatic rings. The van der Waals surface area contributed by atoms with E-state index in [-0.39, 0.29) is 19.9 Å². The van der Waals surface area contributed by atoms with Crippen molar-refractivity contribution < 1.29 is 19.4 Å². The molecule has 5 heteroatoms. The highest BCUT2D eigenvalue weighted by Gasteiger charge is 2.06. The number of carbonyl (C=O) groups is 1. The second-order valence-corrected chi connectivity index (χ2v) is 3.07. The summed E-state index contributed by atoms with van der Waals surface area (Å²) in [6, 6.07) is 5.35. The van der Waals surface area contributed by atoms with Crippen molar-refractivity contribution >= 4 is 19.5 Å². The molecule has 0 saturated carbocycles. The summed E-state index contributed by atoms with van der Waals surface area (Å²) < 4.78 is 10.2. The van der Waals surface area contributed by atoms with Crippen LogP contribution >= 0.6 is 13.5 Å². The molecule has 0 aromatic heterocycles. The van der Waals surface area contributed by atoms with Crippen molar-refractivity contribution in [2.24, 2.45) is 0 Å².